The van der Waals surface area contributed by atoms with E-state index in [9.17, 15) is 0 Å². The van der Waals surface area contributed by atoms with E-state index in [1.807, 2.05) is 54.9 Å². The van der Waals surface area contributed by atoms with Gasteiger partial charge in [0.15, 0.2) is 0 Å². The first-order chi connectivity index (χ1) is 15.8. The summed E-state index contributed by atoms with van der Waals surface area (Å²) in [6.07, 6.45) is 3.65. The van der Waals surface area contributed by atoms with Crippen LogP contribution >= 0.6 is 0 Å². The number of hydrogen-bond donors (Lipinski definition) is 0. The Morgan fingerprint density at radius 2 is 1.19 bits per heavy atom. The fourth-order valence-electron chi connectivity index (χ4n) is 4.37. The molecule has 148 valence electrons. The molecule has 0 saturated carbocycles. The summed E-state index contributed by atoms with van der Waals surface area (Å²) < 4.78 is 2.29. The van der Waals surface area contributed by atoms with E-state index in [2.05, 4.69) is 69.1 Å². The van der Waals surface area contributed by atoms with Crippen LogP contribution in [0.4, 0.5) is 0 Å². The van der Waals surface area contributed by atoms with Gasteiger partial charge in [-0.25, -0.2) is 0 Å². The molecule has 0 N–H and O–H groups in total. The number of rotatable bonds is 3. The fraction of sp³-hybridized carbons (Fsp3) is 0. The van der Waals surface area contributed by atoms with E-state index in [0.717, 1.165) is 50.1 Å². The SMILES string of the molecule is [B]c1ccc2c(c1)c1ccccc1n2-c1cc(-c2ccccn2)cc(-c2ccccn2)c1. The summed E-state index contributed by atoms with van der Waals surface area (Å²) >= 11 is 0. The third-order valence-electron chi connectivity index (χ3n) is 5.79. The monoisotopic (exact) mass is 407 g/mol. The van der Waals surface area contributed by atoms with Gasteiger partial charge in [-0.1, -0.05) is 47.9 Å². The van der Waals surface area contributed by atoms with Crippen molar-refractivity contribution in [3.05, 3.63) is 109 Å². The number of hydrogen-bond acceptors (Lipinski definition) is 2. The number of aromatic nitrogens is 3. The Balaban J connectivity index is 1.70. The third kappa shape index (κ3) is 3.09. The second-order valence-corrected chi connectivity index (χ2v) is 7.83. The molecule has 3 nitrogen and oxygen atoms in total. The van der Waals surface area contributed by atoms with Gasteiger partial charge in [0.25, 0.3) is 0 Å². The van der Waals surface area contributed by atoms with Crippen molar-refractivity contribution < 1.29 is 0 Å². The molecule has 4 heteroatoms. The molecule has 3 aromatic heterocycles. The predicted octanol–water partition coefficient (Wildman–Crippen LogP) is 5.70. The minimum absolute atomic E-state index is 0.761. The van der Waals surface area contributed by atoms with E-state index >= 15 is 0 Å². The second kappa shape index (κ2) is 7.50. The first-order valence-corrected chi connectivity index (χ1v) is 10.5. The van der Waals surface area contributed by atoms with Crippen molar-refractivity contribution in [2.24, 2.45) is 0 Å². The number of fused-ring (bicyclic) bond motifs is 3. The van der Waals surface area contributed by atoms with Gasteiger partial charge in [-0.3, -0.25) is 9.97 Å². The topological polar surface area (TPSA) is 30.7 Å². The average Bonchev–Trinajstić information content (AvgIpc) is 3.18. The Bertz CT molecular complexity index is 1510. The first kappa shape index (κ1) is 18.6. The van der Waals surface area contributed by atoms with Crippen LogP contribution in [0.25, 0.3) is 50.0 Å². The van der Waals surface area contributed by atoms with E-state index < -0.39 is 0 Å². The number of pyridine rings is 2. The summed E-state index contributed by atoms with van der Waals surface area (Å²) in [5, 5.41) is 2.32. The second-order valence-electron chi connectivity index (χ2n) is 7.83. The van der Waals surface area contributed by atoms with Crippen molar-refractivity contribution in [3.8, 4) is 28.2 Å². The molecule has 6 rings (SSSR count). The lowest BCUT2D eigenvalue weighted by molar-refractivity contribution is 1.18. The number of para-hydroxylation sites is 1. The van der Waals surface area contributed by atoms with Gasteiger partial charge in [-0.05, 0) is 54.6 Å². The zero-order valence-corrected chi connectivity index (χ0v) is 17.3. The van der Waals surface area contributed by atoms with Crippen molar-refractivity contribution >= 4 is 35.1 Å². The van der Waals surface area contributed by atoms with Gasteiger partial charge in [0.05, 0.1) is 22.4 Å². The van der Waals surface area contributed by atoms with Crippen molar-refractivity contribution in [2.75, 3.05) is 0 Å². The molecule has 3 aromatic carbocycles. The minimum Gasteiger partial charge on any atom is -0.309 e. The van der Waals surface area contributed by atoms with Gasteiger partial charge in [0, 0.05) is 40.0 Å². The highest BCUT2D eigenvalue weighted by Crippen LogP contribution is 2.34. The fourth-order valence-corrected chi connectivity index (χ4v) is 4.37. The lowest BCUT2D eigenvalue weighted by Gasteiger charge is -2.13. The Labute approximate surface area is 187 Å². The van der Waals surface area contributed by atoms with Crippen molar-refractivity contribution in [2.45, 2.75) is 0 Å². The molecule has 0 atom stereocenters. The Kier molecular flexibility index (Phi) is 4.36. The third-order valence-corrected chi connectivity index (χ3v) is 5.79. The van der Waals surface area contributed by atoms with Crippen molar-refractivity contribution in [3.63, 3.8) is 0 Å². The maximum absolute atomic E-state index is 6.14. The quantitative estimate of drug-likeness (QED) is 0.352. The number of benzene rings is 3. The molecule has 6 aromatic rings. The summed E-state index contributed by atoms with van der Waals surface area (Å²) in [7, 11) is 6.14. The van der Waals surface area contributed by atoms with Gasteiger partial charge in [0.1, 0.15) is 7.85 Å². The van der Waals surface area contributed by atoms with Gasteiger partial charge in [-0.15, -0.1) is 0 Å². The van der Waals surface area contributed by atoms with Crippen LogP contribution in [-0.4, -0.2) is 22.4 Å². The normalized spacial score (nSPS) is 11.2. The van der Waals surface area contributed by atoms with Crippen LogP contribution in [0.5, 0.6) is 0 Å². The molecular weight excluding hydrogens is 389 g/mol. The van der Waals surface area contributed by atoms with Crippen LogP contribution in [0.2, 0.25) is 0 Å². The van der Waals surface area contributed by atoms with Crippen LogP contribution in [0, 0.1) is 0 Å². The first-order valence-electron chi connectivity index (χ1n) is 10.5. The van der Waals surface area contributed by atoms with Gasteiger partial charge in [0.2, 0.25) is 0 Å². The standard InChI is InChI=1S/C28H18BN3/c29-21-11-12-28-24(18-21)23-7-1-2-10-27(23)32(28)22-16-19(25-8-3-5-13-30-25)15-20(17-22)26-9-4-6-14-31-26/h1-18H. The molecule has 0 fully saturated rings. The lowest BCUT2D eigenvalue weighted by Crippen LogP contribution is -2.01. The maximum atomic E-state index is 6.14. The van der Waals surface area contributed by atoms with E-state index in [-0.39, 0.29) is 0 Å². The lowest BCUT2D eigenvalue weighted by atomic mass is 9.94. The van der Waals surface area contributed by atoms with Crippen LogP contribution in [0.3, 0.4) is 0 Å². The van der Waals surface area contributed by atoms with Crippen LogP contribution < -0.4 is 5.46 Å². The van der Waals surface area contributed by atoms with Crippen LogP contribution in [-0.2, 0) is 0 Å². The Morgan fingerprint density at radius 3 is 1.84 bits per heavy atom. The van der Waals surface area contributed by atoms with Gasteiger partial charge < -0.3 is 4.57 Å². The minimum atomic E-state index is 0.761. The number of nitrogens with zero attached hydrogens (tertiary/aromatic N) is 3. The molecule has 0 saturated heterocycles. The smallest absolute Gasteiger partial charge is 0.113 e. The molecule has 0 aliphatic heterocycles. The van der Waals surface area contributed by atoms with E-state index in [1.54, 1.807) is 0 Å². The zero-order valence-electron chi connectivity index (χ0n) is 17.3. The molecule has 0 amide bonds. The van der Waals surface area contributed by atoms with Gasteiger partial charge in [-0.2, -0.15) is 0 Å². The largest absolute Gasteiger partial charge is 0.309 e. The molecule has 0 aliphatic carbocycles. The summed E-state index contributed by atoms with van der Waals surface area (Å²) in [5.74, 6) is 0. The molecule has 32 heavy (non-hydrogen) atoms. The summed E-state index contributed by atoms with van der Waals surface area (Å²) in [6, 6.07) is 33.1. The highest BCUT2D eigenvalue weighted by Gasteiger charge is 2.14. The molecule has 0 spiro atoms. The molecule has 0 aliphatic rings. The highest BCUT2D eigenvalue weighted by molar-refractivity contribution is 6.33. The van der Waals surface area contributed by atoms with Crippen LogP contribution in [0.15, 0.2) is 109 Å². The molecular formula is C28H18BN3. The summed E-state index contributed by atoms with van der Waals surface area (Å²) in [6.45, 7) is 0. The van der Waals surface area contributed by atoms with E-state index in [0.29, 0.717) is 0 Å². The predicted molar refractivity (Wildman–Crippen MR) is 133 cm³/mol. The van der Waals surface area contributed by atoms with E-state index in [4.69, 9.17) is 7.85 Å². The zero-order chi connectivity index (χ0) is 21.5. The summed E-state index contributed by atoms with van der Waals surface area (Å²) in [5.41, 5.74) is 8.02. The molecule has 0 unspecified atom stereocenters. The molecule has 3 heterocycles. The van der Waals surface area contributed by atoms with E-state index in [1.165, 1.54) is 5.39 Å². The van der Waals surface area contributed by atoms with Crippen LogP contribution in [0.1, 0.15) is 0 Å². The molecule has 2 radical (unpaired) electrons. The summed E-state index contributed by atoms with van der Waals surface area (Å²) in [4.78, 5) is 9.19. The Morgan fingerprint density at radius 1 is 0.562 bits per heavy atom. The van der Waals surface area contributed by atoms with Crippen molar-refractivity contribution in [1.82, 2.24) is 14.5 Å². The highest BCUT2D eigenvalue weighted by atomic mass is 15.0. The average molecular weight is 407 g/mol. The molecule has 0 bridgehead atoms. The Hall–Kier alpha value is -4.18. The van der Waals surface area contributed by atoms with Gasteiger partial charge >= 0.3 is 0 Å². The van der Waals surface area contributed by atoms with Crippen molar-refractivity contribution in [1.29, 1.82) is 0 Å². The maximum Gasteiger partial charge on any atom is 0.113 e.